The third-order valence-electron chi connectivity index (χ3n) is 5.50. The second-order valence-electron chi connectivity index (χ2n) is 7.49. The fourth-order valence-electron chi connectivity index (χ4n) is 3.67. The van der Waals surface area contributed by atoms with E-state index in [-0.39, 0.29) is 5.91 Å². The van der Waals surface area contributed by atoms with Crippen molar-refractivity contribution in [3.8, 4) is 0 Å². The van der Waals surface area contributed by atoms with Crippen LogP contribution >= 0.6 is 22.9 Å². The van der Waals surface area contributed by atoms with Gasteiger partial charge in [-0.2, -0.15) is 0 Å². The number of nitrogens with zero attached hydrogens (tertiary/aromatic N) is 5. The molecule has 8 heteroatoms. The highest BCUT2D eigenvalue weighted by molar-refractivity contribution is 7.22. The van der Waals surface area contributed by atoms with Gasteiger partial charge in [-0.15, -0.1) is 0 Å². The van der Waals surface area contributed by atoms with Crippen LogP contribution in [-0.4, -0.2) is 51.9 Å². The Morgan fingerprint density at radius 1 is 0.900 bits per heavy atom. The van der Waals surface area contributed by atoms with Crippen LogP contribution in [0.5, 0.6) is 0 Å². The zero-order chi connectivity index (χ0) is 20.8. The lowest BCUT2D eigenvalue weighted by atomic mass is 10.1. The number of carbonyl (C=O) groups is 1. The van der Waals surface area contributed by atoms with Crippen molar-refractivity contribution < 1.29 is 4.79 Å². The summed E-state index contributed by atoms with van der Waals surface area (Å²) in [6, 6.07) is 11.3. The average Bonchev–Trinajstić information content (AvgIpc) is 3.17. The fraction of sp³-hybridized carbons (Fsp3) is 0.273. The van der Waals surface area contributed by atoms with E-state index in [0.717, 1.165) is 55.9 Å². The van der Waals surface area contributed by atoms with Gasteiger partial charge in [-0.3, -0.25) is 4.79 Å². The van der Waals surface area contributed by atoms with Crippen molar-refractivity contribution in [1.29, 1.82) is 0 Å². The maximum Gasteiger partial charge on any atom is 0.254 e. The third kappa shape index (κ3) is 3.48. The molecule has 0 bridgehead atoms. The molecule has 1 aliphatic heterocycles. The Labute approximate surface area is 183 Å². The molecule has 0 spiro atoms. The Morgan fingerprint density at radius 3 is 2.37 bits per heavy atom. The summed E-state index contributed by atoms with van der Waals surface area (Å²) in [6.07, 6.45) is 0. The molecule has 4 aromatic rings. The van der Waals surface area contributed by atoms with Gasteiger partial charge < -0.3 is 9.80 Å². The largest absolute Gasteiger partial charge is 0.345 e. The first-order valence-electron chi connectivity index (χ1n) is 9.83. The smallest absolute Gasteiger partial charge is 0.254 e. The summed E-state index contributed by atoms with van der Waals surface area (Å²) in [6.45, 7) is 6.71. The summed E-state index contributed by atoms with van der Waals surface area (Å²) in [5.41, 5.74) is 4.99. The molecule has 0 saturated carbocycles. The van der Waals surface area contributed by atoms with E-state index in [9.17, 15) is 4.79 Å². The van der Waals surface area contributed by atoms with Crippen molar-refractivity contribution >= 4 is 55.2 Å². The number of piperazine rings is 1. The molecule has 0 unspecified atom stereocenters. The summed E-state index contributed by atoms with van der Waals surface area (Å²) >= 11 is 7.73. The summed E-state index contributed by atoms with van der Waals surface area (Å²) in [5, 5.41) is 1.70. The summed E-state index contributed by atoms with van der Waals surface area (Å²) < 4.78 is 1.08. The van der Waals surface area contributed by atoms with E-state index in [4.69, 9.17) is 16.6 Å². The number of fused-ring (bicyclic) bond motifs is 2. The molecule has 3 heterocycles. The van der Waals surface area contributed by atoms with Crippen LogP contribution in [0.15, 0.2) is 36.4 Å². The number of anilines is 1. The van der Waals surface area contributed by atoms with Gasteiger partial charge in [0.1, 0.15) is 0 Å². The molecule has 152 valence electrons. The molecule has 30 heavy (non-hydrogen) atoms. The predicted molar refractivity (Wildman–Crippen MR) is 122 cm³/mol. The van der Waals surface area contributed by atoms with Crippen molar-refractivity contribution in [2.24, 2.45) is 0 Å². The molecular formula is C22H20ClN5OS. The quantitative estimate of drug-likeness (QED) is 0.463. The second kappa shape index (κ2) is 7.49. The van der Waals surface area contributed by atoms with Crippen molar-refractivity contribution in [2.45, 2.75) is 13.8 Å². The maximum atomic E-state index is 13.0. The fourth-order valence-corrected chi connectivity index (χ4v) is 4.96. The SMILES string of the molecule is Cc1nc2ccc(C(=O)N3CCN(c4nc5ccc(Cl)cc5s4)CC3)cc2nc1C. The summed E-state index contributed by atoms with van der Waals surface area (Å²) in [5.74, 6) is 0.0349. The lowest BCUT2D eigenvalue weighted by Gasteiger charge is -2.34. The molecule has 1 saturated heterocycles. The number of rotatable bonds is 2. The van der Waals surface area contributed by atoms with Crippen molar-refractivity contribution in [3.05, 3.63) is 58.4 Å². The number of halogens is 1. The van der Waals surface area contributed by atoms with Crippen LogP contribution in [0.25, 0.3) is 21.3 Å². The second-order valence-corrected chi connectivity index (χ2v) is 8.93. The monoisotopic (exact) mass is 437 g/mol. The summed E-state index contributed by atoms with van der Waals surface area (Å²) in [4.78, 5) is 31.0. The number of carbonyl (C=O) groups excluding carboxylic acids is 1. The minimum atomic E-state index is 0.0349. The molecule has 1 aliphatic rings. The van der Waals surface area contributed by atoms with Crippen LogP contribution in [0.2, 0.25) is 5.02 Å². The predicted octanol–water partition coefficient (Wildman–Crippen LogP) is 4.47. The zero-order valence-electron chi connectivity index (χ0n) is 16.7. The summed E-state index contributed by atoms with van der Waals surface area (Å²) in [7, 11) is 0. The first kappa shape index (κ1) is 19.2. The highest BCUT2D eigenvalue weighted by Gasteiger charge is 2.24. The van der Waals surface area contributed by atoms with E-state index in [1.165, 1.54) is 0 Å². The van der Waals surface area contributed by atoms with Gasteiger partial charge in [-0.25, -0.2) is 15.0 Å². The molecule has 2 aromatic carbocycles. The van der Waals surface area contributed by atoms with Gasteiger partial charge >= 0.3 is 0 Å². The lowest BCUT2D eigenvalue weighted by Crippen LogP contribution is -2.48. The number of thiazole rings is 1. The Balaban J connectivity index is 1.31. The van der Waals surface area contributed by atoms with Gasteiger partial charge in [0.05, 0.1) is 32.6 Å². The number of hydrogen-bond donors (Lipinski definition) is 0. The van der Waals surface area contributed by atoms with Gasteiger partial charge in [0, 0.05) is 36.8 Å². The molecule has 0 radical (unpaired) electrons. The molecule has 5 rings (SSSR count). The molecule has 1 amide bonds. The number of amides is 1. The number of benzene rings is 2. The lowest BCUT2D eigenvalue weighted by molar-refractivity contribution is 0.0747. The molecule has 2 aromatic heterocycles. The molecular weight excluding hydrogens is 418 g/mol. The normalized spacial score (nSPS) is 14.6. The molecule has 0 atom stereocenters. The highest BCUT2D eigenvalue weighted by Crippen LogP contribution is 2.31. The number of hydrogen-bond acceptors (Lipinski definition) is 6. The standard InChI is InChI=1S/C22H20ClN5OS/c1-13-14(2)25-19-11-15(3-5-17(19)24-13)21(29)27-7-9-28(10-8-27)22-26-18-6-4-16(23)12-20(18)30-22/h3-6,11-12H,7-10H2,1-2H3. The van der Waals surface area contributed by atoms with Crippen LogP contribution < -0.4 is 4.90 Å². The van der Waals surface area contributed by atoms with Crippen LogP contribution in [-0.2, 0) is 0 Å². The van der Waals surface area contributed by atoms with Crippen LogP contribution in [0.4, 0.5) is 5.13 Å². The van der Waals surface area contributed by atoms with Gasteiger partial charge in [-0.1, -0.05) is 22.9 Å². The van der Waals surface area contributed by atoms with Crippen LogP contribution in [0, 0.1) is 13.8 Å². The topological polar surface area (TPSA) is 62.2 Å². The minimum absolute atomic E-state index is 0.0349. The van der Waals surface area contributed by atoms with Gasteiger partial charge in [-0.05, 0) is 50.2 Å². The Morgan fingerprint density at radius 2 is 1.60 bits per heavy atom. The molecule has 0 N–H and O–H groups in total. The average molecular weight is 438 g/mol. The first-order valence-corrected chi connectivity index (χ1v) is 11.0. The van der Waals surface area contributed by atoms with Gasteiger partial charge in [0.15, 0.2) is 5.13 Å². The van der Waals surface area contributed by atoms with Crippen molar-refractivity contribution in [1.82, 2.24) is 19.9 Å². The van der Waals surface area contributed by atoms with E-state index in [2.05, 4.69) is 14.9 Å². The highest BCUT2D eigenvalue weighted by atomic mass is 35.5. The third-order valence-corrected chi connectivity index (χ3v) is 6.81. The Kier molecular flexibility index (Phi) is 4.79. The zero-order valence-corrected chi connectivity index (χ0v) is 18.3. The van der Waals surface area contributed by atoms with Crippen molar-refractivity contribution in [3.63, 3.8) is 0 Å². The molecule has 6 nitrogen and oxygen atoms in total. The molecule has 1 fully saturated rings. The number of aromatic nitrogens is 3. The van der Waals surface area contributed by atoms with Crippen molar-refractivity contribution in [2.75, 3.05) is 31.1 Å². The van der Waals surface area contributed by atoms with Gasteiger partial charge in [0.2, 0.25) is 0 Å². The van der Waals surface area contributed by atoms with Crippen LogP contribution in [0.1, 0.15) is 21.7 Å². The van der Waals surface area contributed by atoms with Gasteiger partial charge in [0.25, 0.3) is 5.91 Å². The van der Waals surface area contributed by atoms with E-state index >= 15 is 0 Å². The number of aryl methyl sites for hydroxylation is 2. The molecule has 0 aliphatic carbocycles. The maximum absolute atomic E-state index is 13.0. The van der Waals surface area contributed by atoms with Crippen LogP contribution in [0.3, 0.4) is 0 Å². The first-order chi connectivity index (χ1) is 14.5. The Bertz CT molecular complexity index is 1280. The van der Waals surface area contributed by atoms with E-state index in [0.29, 0.717) is 18.7 Å². The van der Waals surface area contributed by atoms with E-state index in [1.807, 2.05) is 55.1 Å². The Hall–Kier alpha value is -2.77. The van der Waals surface area contributed by atoms with E-state index in [1.54, 1.807) is 11.3 Å². The minimum Gasteiger partial charge on any atom is -0.345 e. The van der Waals surface area contributed by atoms with E-state index < -0.39 is 0 Å².